The van der Waals surface area contributed by atoms with E-state index in [0.717, 1.165) is 12.8 Å². The number of nitrogens with two attached hydrogens (primary N) is 1. The van der Waals surface area contributed by atoms with Gasteiger partial charge >= 0.3 is 7.12 Å². The Hall–Kier alpha value is -0.835. The van der Waals surface area contributed by atoms with E-state index in [1.165, 1.54) is 18.4 Å². The van der Waals surface area contributed by atoms with Crippen LogP contribution in [0.2, 0.25) is 0 Å². The van der Waals surface area contributed by atoms with E-state index in [1.807, 2.05) is 18.2 Å². The maximum absolute atomic E-state index is 6.48. The first-order valence-electron chi connectivity index (χ1n) is 8.99. The molecule has 1 aromatic carbocycles. The zero-order valence-electron chi connectivity index (χ0n) is 14.9. The zero-order chi connectivity index (χ0) is 16.7. The molecule has 1 saturated heterocycles. The Bertz CT molecular complexity index is 535. The Morgan fingerprint density at radius 2 is 1.96 bits per heavy atom. The van der Waals surface area contributed by atoms with Crippen LogP contribution >= 0.6 is 0 Å². The van der Waals surface area contributed by atoms with Gasteiger partial charge in [-0.25, -0.2) is 0 Å². The molecule has 4 heteroatoms. The average Bonchev–Trinajstić information content (AvgIpc) is 2.84. The van der Waals surface area contributed by atoms with Gasteiger partial charge in [-0.1, -0.05) is 51.1 Å². The van der Waals surface area contributed by atoms with Crippen LogP contribution in [-0.2, 0) is 15.7 Å². The molecule has 2 unspecified atom stereocenters. The summed E-state index contributed by atoms with van der Waals surface area (Å²) in [5, 5.41) is 0. The Balaban J connectivity index is 1.71. The van der Waals surface area contributed by atoms with E-state index >= 15 is 0 Å². The first-order chi connectivity index (χ1) is 10.9. The third kappa shape index (κ3) is 3.09. The third-order valence-electron chi connectivity index (χ3n) is 6.05. The van der Waals surface area contributed by atoms with Gasteiger partial charge in [-0.3, -0.25) is 0 Å². The van der Waals surface area contributed by atoms with E-state index in [2.05, 4.69) is 39.8 Å². The highest BCUT2D eigenvalue weighted by molar-refractivity contribution is 6.47. The van der Waals surface area contributed by atoms with E-state index < -0.39 is 0 Å². The van der Waals surface area contributed by atoms with Gasteiger partial charge in [-0.2, -0.15) is 0 Å². The molecule has 2 fully saturated rings. The van der Waals surface area contributed by atoms with Crippen molar-refractivity contribution in [2.75, 3.05) is 0 Å². The van der Waals surface area contributed by atoms with E-state index in [-0.39, 0.29) is 24.8 Å². The molecule has 0 amide bonds. The largest absolute Gasteiger partial charge is 0.475 e. The van der Waals surface area contributed by atoms with Crippen molar-refractivity contribution in [2.45, 2.75) is 71.0 Å². The topological polar surface area (TPSA) is 44.5 Å². The minimum Gasteiger partial charge on any atom is -0.404 e. The standard InChI is InChI=1S/C19H30BNO2/c1-5-16-19(4,15-11-12-18(15,2)3)23-20(22-16)17(21)13-14-9-7-6-8-10-14/h6-10,15-17H,5,11-13,21H2,1-4H3/t15?,16-,17?,19+/m1/s1. The smallest absolute Gasteiger partial charge is 0.404 e. The van der Waals surface area contributed by atoms with Crippen LogP contribution in [0.15, 0.2) is 30.3 Å². The number of benzene rings is 1. The molecular formula is C19H30BNO2. The molecule has 3 nitrogen and oxygen atoms in total. The van der Waals surface area contributed by atoms with Gasteiger partial charge in [0.25, 0.3) is 0 Å². The molecule has 2 aliphatic rings. The second-order valence-corrected chi connectivity index (χ2v) is 8.14. The van der Waals surface area contributed by atoms with Gasteiger partial charge in [0.15, 0.2) is 0 Å². The quantitative estimate of drug-likeness (QED) is 0.844. The monoisotopic (exact) mass is 315 g/mol. The molecule has 0 spiro atoms. The first-order valence-corrected chi connectivity index (χ1v) is 8.99. The van der Waals surface area contributed by atoms with Crippen molar-refractivity contribution in [2.24, 2.45) is 17.1 Å². The van der Waals surface area contributed by atoms with E-state index in [1.54, 1.807) is 0 Å². The van der Waals surface area contributed by atoms with Crippen LogP contribution in [0.25, 0.3) is 0 Å². The molecule has 1 aliphatic carbocycles. The fraction of sp³-hybridized carbons (Fsp3) is 0.684. The molecule has 1 saturated carbocycles. The minimum atomic E-state index is -0.304. The maximum Gasteiger partial charge on any atom is 0.475 e. The minimum absolute atomic E-state index is 0.128. The molecule has 126 valence electrons. The number of hydrogen-bond donors (Lipinski definition) is 1. The summed E-state index contributed by atoms with van der Waals surface area (Å²) in [7, 11) is -0.304. The van der Waals surface area contributed by atoms with Gasteiger partial charge in [0.2, 0.25) is 0 Å². The Labute approximate surface area is 141 Å². The van der Waals surface area contributed by atoms with Gasteiger partial charge in [0, 0.05) is 5.94 Å². The molecule has 0 radical (unpaired) electrons. The van der Waals surface area contributed by atoms with Gasteiger partial charge in [0.1, 0.15) is 0 Å². The van der Waals surface area contributed by atoms with Gasteiger partial charge in [-0.15, -0.1) is 0 Å². The van der Waals surface area contributed by atoms with E-state index in [9.17, 15) is 0 Å². The van der Waals surface area contributed by atoms with Crippen LogP contribution in [0.5, 0.6) is 0 Å². The molecule has 3 rings (SSSR count). The normalized spacial score (nSPS) is 34.2. The molecule has 2 N–H and O–H groups in total. The van der Waals surface area contributed by atoms with Crippen molar-refractivity contribution in [3.63, 3.8) is 0 Å². The lowest BCUT2D eigenvalue weighted by Gasteiger charge is -2.54. The van der Waals surface area contributed by atoms with Crippen LogP contribution in [0, 0.1) is 11.3 Å². The SMILES string of the molecule is CC[C@H]1OB(C(N)Cc2ccccc2)O[C@@]1(C)C1CCC1(C)C. The fourth-order valence-electron chi connectivity index (χ4n) is 4.56. The molecule has 1 heterocycles. The Morgan fingerprint density at radius 3 is 2.48 bits per heavy atom. The zero-order valence-corrected chi connectivity index (χ0v) is 14.9. The summed E-state index contributed by atoms with van der Waals surface area (Å²) in [5.74, 6) is 0.422. The summed E-state index contributed by atoms with van der Waals surface area (Å²) in [6, 6.07) is 10.4. The van der Waals surface area contributed by atoms with Crippen LogP contribution < -0.4 is 5.73 Å². The van der Waals surface area contributed by atoms with Crippen molar-refractivity contribution in [1.29, 1.82) is 0 Å². The summed E-state index contributed by atoms with van der Waals surface area (Å²) in [6.07, 6.45) is 4.39. The van der Waals surface area contributed by atoms with E-state index in [4.69, 9.17) is 15.0 Å². The van der Waals surface area contributed by atoms with Crippen molar-refractivity contribution < 1.29 is 9.31 Å². The molecular weight excluding hydrogens is 285 g/mol. The van der Waals surface area contributed by atoms with Crippen molar-refractivity contribution >= 4 is 7.12 Å². The van der Waals surface area contributed by atoms with Gasteiger partial charge < -0.3 is 15.0 Å². The molecule has 1 aromatic rings. The summed E-state index contributed by atoms with van der Waals surface area (Å²) < 4.78 is 12.7. The van der Waals surface area contributed by atoms with Crippen LogP contribution in [-0.4, -0.2) is 24.8 Å². The summed E-state index contributed by atoms with van der Waals surface area (Å²) in [5.41, 5.74) is 7.78. The van der Waals surface area contributed by atoms with Crippen LogP contribution in [0.1, 0.15) is 52.5 Å². The molecule has 0 aromatic heterocycles. The highest BCUT2D eigenvalue weighted by Gasteiger charge is 2.59. The van der Waals surface area contributed by atoms with Gasteiger partial charge in [0.05, 0.1) is 11.7 Å². The highest BCUT2D eigenvalue weighted by atomic mass is 16.7. The Kier molecular flexibility index (Phi) is 4.61. The number of rotatable bonds is 5. The summed E-state index contributed by atoms with van der Waals surface area (Å²) in [4.78, 5) is 0. The molecule has 4 atom stereocenters. The molecule has 1 aliphatic heterocycles. The third-order valence-corrected chi connectivity index (χ3v) is 6.05. The van der Waals surface area contributed by atoms with Crippen molar-refractivity contribution in [3.8, 4) is 0 Å². The van der Waals surface area contributed by atoms with Gasteiger partial charge in [-0.05, 0) is 49.5 Å². The predicted octanol–water partition coefficient (Wildman–Crippen LogP) is 3.60. The average molecular weight is 315 g/mol. The van der Waals surface area contributed by atoms with Crippen molar-refractivity contribution in [3.05, 3.63) is 35.9 Å². The first kappa shape index (κ1) is 17.0. The van der Waals surface area contributed by atoms with E-state index in [0.29, 0.717) is 11.3 Å². The summed E-state index contributed by atoms with van der Waals surface area (Å²) in [6.45, 7) is 9.12. The number of hydrogen-bond acceptors (Lipinski definition) is 3. The lowest BCUT2D eigenvalue weighted by Crippen LogP contribution is -2.55. The second kappa shape index (κ2) is 6.23. The molecule has 0 bridgehead atoms. The molecule has 23 heavy (non-hydrogen) atoms. The lowest BCUT2D eigenvalue weighted by atomic mass is 9.55. The maximum atomic E-state index is 6.48. The predicted molar refractivity (Wildman–Crippen MR) is 95.0 cm³/mol. The van der Waals surface area contributed by atoms with Crippen LogP contribution in [0.4, 0.5) is 0 Å². The lowest BCUT2D eigenvalue weighted by molar-refractivity contribution is -0.107. The fourth-order valence-corrected chi connectivity index (χ4v) is 4.56. The van der Waals surface area contributed by atoms with Crippen molar-refractivity contribution in [1.82, 2.24) is 0 Å². The second-order valence-electron chi connectivity index (χ2n) is 8.14. The van der Waals surface area contributed by atoms with Crippen LogP contribution in [0.3, 0.4) is 0 Å². The Morgan fingerprint density at radius 1 is 1.26 bits per heavy atom. The summed E-state index contributed by atoms with van der Waals surface area (Å²) >= 11 is 0. The highest BCUT2D eigenvalue weighted by Crippen LogP contribution is 2.56.